The molecule has 0 atom stereocenters. The van der Waals surface area contributed by atoms with Gasteiger partial charge in [-0.15, -0.1) is 11.8 Å². The summed E-state index contributed by atoms with van der Waals surface area (Å²) in [6, 6.07) is 4.69. The topological polar surface area (TPSA) is 9.23 Å². The molecule has 1 rings (SSSR count). The fraction of sp³-hybridized carbons (Fsp3) is 0.455. The van der Waals surface area contributed by atoms with E-state index >= 15 is 0 Å². The first kappa shape index (κ1) is 11.4. The van der Waals surface area contributed by atoms with Gasteiger partial charge in [-0.25, -0.2) is 4.39 Å². The zero-order valence-electron chi connectivity index (χ0n) is 8.55. The van der Waals surface area contributed by atoms with Crippen LogP contribution >= 0.6 is 11.8 Å². The van der Waals surface area contributed by atoms with Crippen LogP contribution in [0.3, 0.4) is 0 Å². The van der Waals surface area contributed by atoms with Gasteiger partial charge in [0.2, 0.25) is 0 Å². The summed E-state index contributed by atoms with van der Waals surface area (Å²) in [4.78, 5) is 1.02. The summed E-state index contributed by atoms with van der Waals surface area (Å²) in [5.41, 5.74) is 0. The van der Waals surface area contributed by atoms with E-state index in [1.165, 1.54) is 12.1 Å². The highest BCUT2D eigenvalue weighted by Crippen LogP contribution is 2.29. The standard InChI is InChI=1S/C11H15FOS/c1-3-7-13-10-8-9(12)5-6-11(10)14-4-2/h5-6,8H,3-4,7H2,1-2H3. The van der Waals surface area contributed by atoms with Gasteiger partial charge < -0.3 is 4.74 Å². The van der Waals surface area contributed by atoms with E-state index in [-0.39, 0.29) is 5.82 Å². The first-order valence-electron chi connectivity index (χ1n) is 4.83. The Morgan fingerprint density at radius 2 is 2.14 bits per heavy atom. The van der Waals surface area contributed by atoms with Crippen molar-refractivity contribution in [2.75, 3.05) is 12.4 Å². The average molecular weight is 214 g/mol. The van der Waals surface area contributed by atoms with Crippen LogP contribution in [0.25, 0.3) is 0 Å². The zero-order chi connectivity index (χ0) is 10.4. The van der Waals surface area contributed by atoms with Crippen molar-refractivity contribution in [3.8, 4) is 5.75 Å². The van der Waals surface area contributed by atoms with Gasteiger partial charge in [0.25, 0.3) is 0 Å². The normalized spacial score (nSPS) is 10.2. The van der Waals surface area contributed by atoms with Gasteiger partial charge >= 0.3 is 0 Å². The van der Waals surface area contributed by atoms with Crippen LogP contribution in [0.15, 0.2) is 23.1 Å². The Labute approximate surface area is 88.7 Å². The molecule has 1 nitrogen and oxygen atoms in total. The molecule has 0 aliphatic carbocycles. The maximum absolute atomic E-state index is 12.9. The maximum atomic E-state index is 12.9. The molecule has 0 bridgehead atoms. The Balaban J connectivity index is 2.79. The molecular weight excluding hydrogens is 199 g/mol. The molecule has 0 unspecified atom stereocenters. The fourth-order valence-electron chi connectivity index (χ4n) is 1.08. The minimum absolute atomic E-state index is 0.239. The third kappa shape index (κ3) is 3.22. The van der Waals surface area contributed by atoms with Gasteiger partial charge in [-0.3, -0.25) is 0 Å². The van der Waals surface area contributed by atoms with E-state index < -0.39 is 0 Å². The van der Waals surface area contributed by atoms with E-state index in [1.54, 1.807) is 17.8 Å². The first-order chi connectivity index (χ1) is 6.77. The third-order valence-electron chi connectivity index (χ3n) is 1.67. The number of ether oxygens (including phenoxy) is 1. The number of thioether (sulfide) groups is 1. The summed E-state index contributed by atoms with van der Waals surface area (Å²) in [5, 5.41) is 0. The van der Waals surface area contributed by atoms with Crippen molar-refractivity contribution in [1.29, 1.82) is 0 Å². The molecule has 78 valence electrons. The third-order valence-corrected chi connectivity index (χ3v) is 2.60. The predicted molar refractivity (Wildman–Crippen MR) is 58.6 cm³/mol. The average Bonchev–Trinajstić information content (AvgIpc) is 2.18. The molecule has 1 aromatic rings. The van der Waals surface area contributed by atoms with E-state index in [0.717, 1.165) is 17.1 Å². The smallest absolute Gasteiger partial charge is 0.135 e. The van der Waals surface area contributed by atoms with Crippen LogP contribution in [0.2, 0.25) is 0 Å². The van der Waals surface area contributed by atoms with Gasteiger partial charge in [-0.2, -0.15) is 0 Å². The van der Waals surface area contributed by atoms with Crippen molar-refractivity contribution < 1.29 is 9.13 Å². The molecule has 0 spiro atoms. The Kier molecular flexibility index (Phi) is 4.80. The number of rotatable bonds is 5. The monoisotopic (exact) mass is 214 g/mol. The molecular formula is C11H15FOS. The first-order valence-corrected chi connectivity index (χ1v) is 5.81. The lowest BCUT2D eigenvalue weighted by Crippen LogP contribution is -1.97. The van der Waals surface area contributed by atoms with Crippen molar-refractivity contribution in [2.45, 2.75) is 25.2 Å². The highest BCUT2D eigenvalue weighted by atomic mass is 32.2. The number of halogens is 1. The molecule has 0 fully saturated rings. The van der Waals surface area contributed by atoms with Crippen LogP contribution < -0.4 is 4.74 Å². The van der Waals surface area contributed by atoms with Gasteiger partial charge in [-0.05, 0) is 24.3 Å². The number of benzene rings is 1. The molecule has 0 amide bonds. The molecule has 1 aromatic carbocycles. The number of hydrogen-bond donors (Lipinski definition) is 0. The second-order valence-corrected chi connectivity index (χ2v) is 4.18. The lowest BCUT2D eigenvalue weighted by molar-refractivity contribution is 0.308. The summed E-state index contributed by atoms with van der Waals surface area (Å²) in [6.07, 6.45) is 0.937. The van der Waals surface area contributed by atoms with Crippen LogP contribution in [0.5, 0.6) is 5.75 Å². The Hall–Kier alpha value is -0.700. The molecule has 0 heterocycles. The second kappa shape index (κ2) is 5.91. The van der Waals surface area contributed by atoms with Crippen LogP contribution in [-0.4, -0.2) is 12.4 Å². The SMILES string of the molecule is CCCOc1cc(F)ccc1SCC. The van der Waals surface area contributed by atoms with Gasteiger partial charge in [-0.1, -0.05) is 13.8 Å². The van der Waals surface area contributed by atoms with Crippen LogP contribution in [-0.2, 0) is 0 Å². The lowest BCUT2D eigenvalue weighted by Gasteiger charge is -2.09. The molecule has 14 heavy (non-hydrogen) atoms. The van der Waals surface area contributed by atoms with E-state index in [9.17, 15) is 4.39 Å². The van der Waals surface area contributed by atoms with Gasteiger partial charge in [0.1, 0.15) is 11.6 Å². The van der Waals surface area contributed by atoms with Crippen LogP contribution in [0, 0.1) is 5.82 Å². The zero-order valence-corrected chi connectivity index (χ0v) is 9.36. The minimum atomic E-state index is -0.239. The van der Waals surface area contributed by atoms with E-state index in [1.807, 2.05) is 6.92 Å². The molecule has 0 saturated carbocycles. The quantitative estimate of drug-likeness (QED) is 0.691. The fourth-order valence-corrected chi connectivity index (χ4v) is 1.82. The van der Waals surface area contributed by atoms with Crippen LogP contribution in [0.1, 0.15) is 20.3 Å². The Morgan fingerprint density at radius 3 is 2.79 bits per heavy atom. The van der Waals surface area contributed by atoms with E-state index in [0.29, 0.717) is 12.4 Å². The Morgan fingerprint density at radius 1 is 1.36 bits per heavy atom. The molecule has 0 N–H and O–H groups in total. The molecule has 0 saturated heterocycles. The molecule has 0 aliphatic rings. The van der Waals surface area contributed by atoms with Crippen molar-refractivity contribution in [1.82, 2.24) is 0 Å². The van der Waals surface area contributed by atoms with Gasteiger partial charge in [0.15, 0.2) is 0 Å². The van der Waals surface area contributed by atoms with Crippen LogP contribution in [0.4, 0.5) is 4.39 Å². The summed E-state index contributed by atoms with van der Waals surface area (Å²) in [7, 11) is 0. The van der Waals surface area contributed by atoms with Gasteiger partial charge in [0.05, 0.1) is 6.61 Å². The summed E-state index contributed by atoms with van der Waals surface area (Å²) in [6.45, 7) is 4.74. The van der Waals surface area contributed by atoms with E-state index in [2.05, 4.69) is 6.92 Å². The minimum Gasteiger partial charge on any atom is -0.492 e. The predicted octanol–water partition coefficient (Wildman–Crippen LogP) is 3.73. The summed E-state index contributed by atoms with van der Waals surface area (Å²) < 4.78 is 18.4. The molecule has 0 radical (unpaired) electrons. The van der Waals surface area contributed by atoms with E-state index in [4.69, 9.17) is 4.74 Å². The van der Waals surface area contributed by atoms with Crippen molar-refractivity contribution >= 4 is 11.8 Å². The molecule has 0 aliphatic heterocycles. The van der Waals surface area contributed by atoms with Crippen molar-refractivity contribution in [3.05, 3.63) is 24.0 Å². The highest BCUT2D eigenvalue weighted by molar-refractivity contribution is 7.99. The number of hydrogen-bond acceptors (Lipinski definition) is 2. The summed E-state index contributed by atoms with van der Waals surface area (Å²) >= 11 is 1.67. The molecule has 0 aromatic heterocycles. The maximum Gasteiger partial charge on any atom is 0.135 e. The summed E-state index contributed by atoms with van der Waals surface area (Å²) in [5.74, 6) is 1.39. The van der Waals surface area contributed by atoms with Crippen molar-refractivity contribution in [3.63, 3.8) is 0 Å². The molecule has 3 heteroatoms. The highest BCUT2D eigenvalue weighted by Gasteiger charge is 2.04. The van der Waals surface area contributed by atoms with Crippen molar-refractivity contribution in [2.24, 2.45) is 0 Å². The second-order valence-electron chi connectivity index (χ2n) is 2.87. The Bertz CT molecular complexity index is 289. The largest absolute Gasteiger partial charge is 0.492 e. The van der Waals surface area contributed by atoms with Gasteiger partial charge in [0, 0.05) is 11.0 Å². The lowest BCUT2D eigenvalue weighted by atomic mass is 10.3.